The summed E-state index contributed by atoms with van der Waals surface area (Å²) >= 11 is 0. The fraction of sp³-hybridized carbons (Fsp3) is 0.227. The van der Waals surface area contributed by atoms with Gasteiger partial charge in [0.15, 0.2) is 11.5 Å². The highest BCUT2D eigenvalue weighted by molar-refractivity contribution is 5.97. The van der Waals surface area contributed by atoms with Crippen molar-refractivity contribution >= 4 is 12.1 Å². The van der Waals surface area contributed by atoms with E-state index in [4.69, 9.17) is 14.2 Å². The Bertz CT molecular complexity index is 1120. The maximum atomic E-state index is 12.7. The summed E-state index contributed by atoms with van der Waals surface area (Å²) in [5, 5.41) is 11.3. The SMILES string of the molecule is COc1ccc(C=NNC(=O)c2[nH]nc3c2CCc2ccccc2-3)c(OC)c1OC. The van der Waals surface area contributed by atoms with Gasteiger partial charge < -0.3 is 14.2 Å². The molecule has 3 aromatic rings. The number of carbonyl (C=O) groups is 1. The maximum absolute atomic E-state index is 12.7. The number of hydrazone groups is 1. The van der Waals surface area contributed by atoms with E-state index in [1.807, 2.05) is 18.2 Å². The third-order valence-electron chi connectivity index (χ3n) is 5.12. The number of aromatic nitrogens is 2. The Balaban J connectivity index is 1.55. The number of fused-ring (bicyclic) bond motifs is 3. The topological polar surface area (TPSA) is 97.8 Å². The summed E-state index contributed by atoms with van der Waals surface area (Å²) in [6, 6.07) is 11.6. The zero-order valence-corrected chi connectivity index (χ0v) is 17.0. The van der Waals surface area contributed by atoms with E-state index in [1.165, 1.54) is 26.0 Å². The number of nitrogens with one attached hydrogen (secondary N) is 2. The molecule has 0 saturated carbocycles. The van der Waals surface area contributed by atoms with Gasteiger partial charge in [0.1, 0.15) is 5.69 Å². The molecule has 30 heavy (non-hydrogen) atoms. The summed E-state index contributed by atoms with van der Waals surface area (Å²) in [7, 11) is 4.61. The Morgan fingerprint density at radius 1 is 1.07 bits per heavy atom. The molecule has 2 aromatic carbocycles. The third kappa shape index (κ3) is 3.36. The molecule has 154 valence electrons. The maximum Gasteiger partial charge on any atom is 0.289 e. The minimum Gasteiger partial charge on any atom is -0.493 e. The highest BCUT2D eigenvalue weighted by Gasteiger charge is 2.24. The van der Waals surface area contributed by atoms with Crippen LogP contribution in [-0.2, 0) is 12.8 Å². The van der Waals surface area contributed by atoms with Crippen LogP contribution in [0.15, 0.2) is 41.5 Å². The second-order valence-corrected chi connectivity index (χ2v) is 6.71. The van der Waals surface area contributed by atoms with Gasteiger partial charge >= 0.3 is 0 Å². The minimum absolute atomic E-state index is 0.348. The van der Waals surface area contributed by atoms with Crippen LogP contribution in [0.3, 0.4) is 0 Å². The molecule has 0 radical (unpaired) electrons. The summed E-state index contributed by atoms with van der Waals surface area (Å²) in [5.41, 5.74) is 7.65. The van der Waals surface area contributed by atoms with Gasteiger partial charge in [-0.2, -0.15) is 10.2 Å². The van der Waals surface area contributed by atoms with E-state index in [9.17, 15) is 4.79 Å². The van der Waals surface area contributed by atoms with Gasteiger partial charge in [0.2, 0.25) is 5.75 Å². The number of amides is 1. The molecule has 2 N–H and O–H groups in total. The molecule has 0 fully saturated rings. The van der Waals surface area contributed by atoms with Crippen LogP contribution in [0, 0.1) is 0 Å². The van der Waals surface area contributed by atoms with Gasteiger partial charge in [-0.05, 0) is 30.5 Å². The molecule has 0 aliphatic heterocycles. The molecule has 0 saturated heterocycles. The second-order valence-electron chi connectivity index (χ2n) is 6.71. The molecule has 0 bridgehead atoms. The molecule has 1 aromatic heterocycles. The number of aromatic amines is 1. The number of ether oxygens (including phenoxy) is 3. The standard InChI is InChI=1S/C22H22N4O4/c1-28-17-11-9-14(20(29-2)21(17)30-3)12-23-26-22(27)19-16-10-8-13-6-4-5-7-15(13)18(16)24-25-19/h4-7,9,11-12H,8,10H2,1-3H3,(H,24,25)(H,26,27). The molecule has 0 atom stereocenters. The Labute approximate surface area is 173 Å². The summed E-state index contributed by atoms with van der Waals surface area (Å²) < 4.78 is 16.1. The first-order chi connectivity index (χ1) is 14.7. The van der Waals surface area contributed by atoms with E-state index in [0.717, 1.165) is 29.7 Å². The normalized spacial score (nSPS) is 12.2. The molecule has 4 rings (SSSR count). The van der Waals surface area contributed by atoms with Crippen molar-refractivity contribution in [2.24, 2.45) is 5.10 Å². The van der Waals surface area contributed by atoms with Crippen LogP contribution in [0.25, 0.3) is 11.3 Å². The van der Waals surface area contributed by atoms with Gasteiger partial charge in [0.25, 0.3) is 5.91 Å². The van der Waals surface area contributed by atoms with Gasteiger partial charge in [0.05, 0.1) is 33.2 Å². The van der Waals surface area contributed by atoms with E-state index in [2.05, 4.69) is 26.8 Å². The summed E-state index contributed by atoms with van der Waals surface area (Å²) in [4.78, 5) is 12.7. The molecule has 1 amide bonds. The Morgan fingerprint density at radius 2 is 1.87 bits per heavy atom. The lowest BCUT2D eigenvalue weighted by Crippen LogP contribution is -2.20. The van der Waals surface area contributed by atoms with Gasteiger partial charge in [0, 0.05) is 16.7 Å². The van der Waals surface area contributed by atoms with E-state index in [1.54, 1.807) is 19.2 Å². The number of nitrogens with zero attached hydrogens (tertiary/aromatic N) is 2. The monoisotopic (exact) mass is 406 g/mol. The number of aryl methyl sites for hydroxylation is 1. The van der Waals surface area contributed by atoms with Crippen molar-refractivity contribution in [3.05, 3.63) is 58.8 Å². The van der Waals surface area contributed by atoms with Crippen LogP contribution >= 0.6 is 0 Å². The average molecular weight is 406 g/mol. The number of H-pyrrole nitrogens is 1. The molecule has 1 heterocycles. The van der Waals surface area contributed by atoms with Crippen LogP contribution in [-0.4, -0.2) is 43.6 Å². The predicted octanol–water partition coefficient (Wildman–Crippen LogP) is 2.97. The lowest BCUT2D eigenvalue weighted by Gasteiger charge is -2.15. The predicted molar refractivity (Wildman–Crippen MR) is 113 cm³/mol. The molecule has 1 aliphatic rings. The highest BCUT2D eigenvalue weighted by Crippen LogP contribution is 2.39. The first-order valence-electron chi connectivity index (χ1n) is 9.45. The summed E-state index contributed by atoms with van der Waals surface area (Å²) in [6.45, 7) is 0. The quantitative estimate of drug-likeness (QED) is 0.485. The third-order valence-corrected chi connectivity index (χ3v) is 5.12. The molecule has 0 unspecified atom stereocenters. The Hall–Kier alpha value is -3.81. The van der Waals surface area contributed by atoms with Crippen molar-refractivity contribution < 1.29 is 19.0 Å². The first kappa shape index (κ1) is 19.5. The van der Waals surface area contributed by atoms with E-state index in [-0.39, 0.29) is 5.91 Å². The fourth-order valence-electron chi connectivity index (χ4n) is 3.69. The fourth-order valence-corrected chi connectivity index (χ4v) is 3.69. The van der Waals surface area contributed by atoms with Gasteiger partial charge in [-0.15, -0.1) is 0 Å². The van der Waals surface area contributed by atoms with Crippen molar-refractivity contribution in [2.45, 2.75) is 12.8 Å². The van der Waals surface area contributed by atoms with Crippen molar-refractivity contribution in [3.8, 4) is 28.5 Å². The van der Waals surface area contributed by atoms with Crippen LogP contribution in [0.1, 0.15) is 27.2 Å². The number of rotatable bonds is 6. The van der Waals surface area contributed by atoms with E-state index < -0.39 is 0 Å². The number of hydrogen-bond acceptors (Lipinski definition) is 6. The summed E-state index contributed by atoms with van der Waals surface area (Å²) in [6.07, 6.45) is 3.12. The van der Waals surface area contributed by atoms with Crippen LogP contribution in [0.2, 0.25) is 0 Å². The van der Waals surface area contributed by atoms with Crippen LogP contribution in [0.4, 0.5) is 0 Å². The average Bonchev–Trinajstić information content (AvgIpc) is 3.23. The second kappa shape index (κ2) is 8.28. The van der Waals surface area contributed by atoms with Crippen molar-refractivity contribution in [1.82, 2.24) is 15.6 Å². The molecular formula is C22H22N4O4. The Morgan fingerprint density at radius 3 is 2.63 bits per heavy atom. The van der Waals surface area contributed by atoms with Gasteiger partial charge in [-0.1, -0.05) is 24.3 Å². The van der Waals surface area contributed by atoms with E-state index in [0.29, 0.717) is 28.5 Å². The van der Waals surface area contributed by atoms with Crippen molar-refractivity contribution in [1.29, 1.82) is 0 Å². The van der Waals surface area contributed by atoms with Gasteiger partial charge in [-0.3, -0.25) is 9.89 Å². The lowest BCUT2D eigenvalue weighted by molar-refractivity contribution is 0.0949. The van der Waals surface area contributed by atoms with E-state index >= 15 is 0 Å². The number of carbonyl (C=O) groups excluding carboxylic acids is 1. The molecule has 1 aliphatic carbocycles. The molecule has 8 nitrogen and oxygen atoms in total. The molecule has 8 heteroatoms. The highest BCUT2D eigenvalue weighted by atomic mass is 16.5. The largest absolute Gasteiger partial charge is 0.493 e. The smallest absolute Gasteiger partial charge is 0.289 e. The van der Waals surface area contributed by atoms with Crippen molar-refractivity contribution in [2.75, 3.05) is 21.3 Å². The number of benzene rings is 2. The van der Waals surface area contributed by atoms with Gasteiger partial charge in [-0.25, -0.2) is 5.43 Å². The summed E-state index contributed by atoms with van der Waals surface area (Å²) in [5.74, 6) is 1.11. The zero-order chi connectivity index (χ0) is 21.1. The molecular weight excluding hydrogens is 384 g/mol. The number of methoxy groups -OCH3 is 3. The Kier molecular flexibility index (Phi) is 5.38. The minimum atomic E-state index is -0.348. The first-order valence-corrected chi connectivity index (χ1v) is 9.45. The van der Waals surface area contributed by atoms with Crippen LogP contribution in [0.5, 0.6) is 17.2 Å². The van der Waals surface area contributed by atoms with Crippen molar-refractivity contribution in [3.63, 3.8) is 0 Å². The van der Waals surface area contributed by atoms with Crippen LogP contribution < -0.4 is 19.6 Å². The molecule has 0 spiro atoms. The zero-order valence-electron chi connectivity index (χ0n) is 17.0. The number of hydrogen-bond donors (Lipinski definition) is 2. The lowest BCUT2D eigenvalue weighted by atomic mass is 9.89.